The van der Waals surface area contributed by atoms with E-state index in [1.54, 1.807) is 30.3 Å². The van der Waals surface area contributed by atoms with Crippen LogP contribution in [-0.2, 0) is 4.79 Å². The Kier molecular flexibility index (Phi) is 5.51. The molecule has 7 nitrogen and oxygen atoms in total. The Labute approximate surface area is 169 Å². The molecule has 2 fully saturated rings. The molecule has 4 rings (SSSR count). The summed E-state index contributed by atoms with van der Waals surface area (Å²) in [6, 6.07) is 13.7. The number of amides is 1. The number of rotatable bonds is 4. The number of phenolic OH excluding ortho intramolecular Hbond substituents is 1. The zero-order chi connectivity index (χ0) is 20.4. The lowest BCUT2D eigenvalue weighted by atomic mass is 9.89. The molecule has 29 heavy (non-hydrogen) atoms. The van der Waals surface area contributed by atoms with Crippen LogP contribution in [0.15, 0.2) is 48.5 Å². The van der Waals surface area contributed by atoms with Gasteiger partial charge in [-0.25, -0.2) is 15.6 Å². The maximum Gasteiger partial charge on any atom is 0.335 e. The minimum atomic E-state index is -0.938. The summed E-state index contributed by atoms with van der Waals surface area (Å²) in [5.41, 5.74) is 8.22. The third-order valence-electron chi connectivity index (χ3n) is 5.85. The molecule has 4 N–H and O–H groups in total. The van der Waals surface area contributed by atoms with Gasteiger partial charge in [0, 0.05) is 24.6 Å². The molecule has 0 spiro atoms. The highest BCUT2D eigenvalue weighted by Gasteiger charge is 2.35. The second-order valence-corrected chi connectivity index (χ2v) is 7.74. The van der Waals surface area contributed by atoms with Gasteiger partial charge in [0.25, 0.3) is 0 Å². The van der Waals surface area contributed by atoms with Gasteiger partial charge in [-0.05, 0) is 43.0 Å². The summed E-state index contributed by atoms with van der Waals surface area (Å²) in [6.45, 7) is 1.29. The van der Waals surface area contributed by atoms with Gasteiger partial charge in [0.2, 0.25) is 5.91 Å². The van der Waals surface area contributed by atoms with Crippen molar-refractivity contribution < 1.29 is 19.8 Å². The second kappa shape index (κ2) is 8.23. The van der Waals surface area contributed by atoms with Crippen molar-refractivity contribution in [1.82, 2.24) is 15.8 Å². The summed E-state index contributed by atoms with van der Waals surface area (Å²) in [6.07, 6.45) is 2.38. The topological polar surface area (TPSA) is 102 Å². The molecule has 2 aliphatic heterocycles. The monoisotopic (exact) mass is 395 g/mol. The first-order valence-electron chi connectivity index (χ1n) is 9.94. The maximum absolute atomic E-state index is 13.1. The Morgan fingerprint density at radius 2 is 1.90 bits per heavy atom. The number of nitrogens with one attached hydrogen (secondary N) is 2. The molecule has 3 atom stereocenters. The first-order valence-corrected chi connectivity index (χ1v) is 9.94. The first kappa shape index (κ1) is 19.4. The molecule has 2 heterocycles. The van der Waals surface area contributed by atoms with Crippen LogP contribution in [0.4, 0.5) is 0 Å². The number of hydrogen-bond donors (Lipinski definition) is 4. The molecule has 2 aliphatic rings. The molecule has 2 saturated heterocycles. The highest BCUT2D eigenvalue weighted by atomic mass is 16.4. The van der Waals surface area contributed by atoms with Gasteiger partial charge < -0.3 is 15.1 Å². The van der Waals surface area contributed by atoms with Crippen LogP contribution in [0.25, 0.3) is 0 Å². The predicted octanol–water partition coefficient (Wildman–Crippen LogP) is 2.40. The second-order valence-electron chi connectivity index (χ2n) is 7.74. The molecule has 0 radical (unpaired) electrons. The van der Waals surface area contributed by atoms with Crippen molar-refractivity contribution in [2.45, 2.75) is 37.3 Å². The van der Waals surface area contributed by atoms with Crippen molar-refractivity contribution in [1.29, 1.82) is 0 Å². The molecule has 3 unspecified atom stereocenters. The number of hydrazine groups is 1. The van der Waals surface area contributed by atoms with Crippen LogP contribution in [0.3, 0.4) is 0 Å². The van der Waals surface area contributed by atoms with Crippen LogP contribution in [0, 0.1) is 0 Å². The van der Waals surface area contributed by atoms with Crippen molar-refractivity contribution in [2.24, 2.45) is 0 Å². The number of hydrogen-bond acceptors (Lipinski definition) is 5. The lowest BCUT2D eigenvalue weighted by Gasteiger charge is -2.34. The van der Waals surface area contributed by atoms with Crippen LogP contribution < -0.4 is 10.9 Å². The minimum absolute atomic E-state index is 0.0366. The lowest BCUT2D eigenvalue weighted by Crippen LogP contribution is -2.48. The van der Waals surface area contributed by atoms with Gasteiger partial charge in [-0.3, -0.25) is 4.79 Å². The standard InChI is InChI=1S/C22H25N3O4/c26-20-9-2-1-8-17(20)18-12-19(24-23-18)21(27)25-10-4-7-16(13-25)14-5-3-6-15(11-14)22(28)29/h1-3,5-6,8-9,11,16,18-19,23-24,26H,4,7,10,12-13H2,(H,28,29). The van der Waals surface area contributed by atoms with E-state index in [-0.39, 0.29) is 35.2 Å². The number of para-hydroxylation sites is 1. The molecule has 7 heteroatoms. The number of phenols is 1. The summed E-state index contributed by atoms with van der Waals surface area (Å²) < 4.78 is 0. The normalized spacial score (nSPS) is 24.4. The Hall–Kier alpha value is -2.90. The van der Waals surface area contributed by atoms with Crippen molar-refractivity contribution in [3.8, 4) is 5.75 Å². The molecule has 0 bridgehead atoms. The number of benzene rings is 2. The summed E-state index contributed by atoms with van der Waals surface area (Å²) in [7, 11) is 0. The zero-order valence-electron chi connectivity index (χ0n) is 16.0. The first-order chi connectivity index (χ1) is 14.0. The molecule has 0 aliphatic carbocycles. The van der Waals surface area contributed by atoms with Gasteiger partial charge >= 0.3 is 5.97 Å². The number of carbonyl (C=O) groups excluding carboxylic acids is 1. The van der Waals surface area contributed by atoms with Crippen LogP contribution >= 0.6 is 0 Å². The predicted molar refractivity (Wildman–Crippen MR) is 107 cm³/mol. The fourth-order valence-corrected chi connectivity index (χ4v) is 4.30. The molecular formula is C22H25N3O4. The molecule has 0 aromatic heterocycles. The number of carboxylic acids is 1. The van der Waals surface area contributed by atoms with Crippen LogP contribution in [-0.4, -0.2) is 46.1 Å². The largest absolute Gasteiger partial charge is 0.508 e. The van der Waals surface area contributed by atoms with E-state index in [9.17, 15) is 19.8 Å². The van der Waals surface area contributed by atoms with E-state index in [2.05, 4.69) is 10.9 Å². The van der Waals surface area contributed by atoms with Gasteiger partial charge in [-0.15, -0.1) is 0 Å². The number of likely N-dealkylation sites (tertiary alicyclic amines) is 1. The smallest absolute Gasteiger partial charge is 0.335 e. The fourth-order valence-electron chi connectivity index (χ4n) is 4.30. The summed E-state index contributed by atoms with van der Waals surface area (Å²) >= 11 is 0. The van der Waals surface area contributed by atoms with Crippen LogP contribution in [0.5, 0.6) is 5.75 Å². The van der Waals surface area contributed by atoms with E-state index in [0.717, 1.165) is 24.0 Å². The fraction of sp³-hybridized carbons (Fsp3) is 0.364. The number of carboxylic acid groups (broad SMARTS) is 1. The van der Waals surface area contributed by atoms with E-state index in [1.165, 1.54) is 0 Å². The lowest BCUT2D eigenvalue weighted by molar-refractivity contribution is -0.134. The minimum Gasteiger partial charge on any atom is -0.508 e. The number of aromatic hydroxyl groups is 1. The Balaban J connectivity index is 1.42. The zero-order valence-corrected chi connectivity index (χ0v) is 16.0. The molecule has 2 aromatic rings. The maximum atomic E-state index is 13.1. The van der Waals surface area contributed by atoms with E-state index in [0.29, 0.717) is 19.5 Å². The summed E-state index contributed by atoms with van der Waals surface area (Å²) in [5.74, 6) is -0.548. The van der Waals surface area contributed by atoms with Gasteiger partial charge in [-0.2, -0.15) is 0 Å². The van der Waals surface area contributed by atoms with Gasteiger partial charge in [0.15, 0.2) is 0 Å². The summed E-state index contributed by atoms with van der Waals surface area (Å²) in [4.78, 5) is 26.2. The third kappa shape index (κ3) is 4.11. The number of aromatic carboxylic acids is 1. The number of nitrogens with zero attached hydrogens (tertiary/aromatic N) is 1. The quantitative estimate of drug-likeness (QED) is 0.634. The van der Waals surface area contributed by atoms with Crippen molar-refractivity contribution in [3.63, 3.8) is 0 Å². The van der Waals surface area contributed by atoms with Gasteiger partial charge in [-0.1, -0.05) is 30.3 Å². The Morgan fingerprint density at radius 3 is 2.69 bits per heavy atom. The van der Waals surface area contributed by atoms with E-state index < -0.39 is 5.97 Å². The average Bonchev–Trinajstić information content (AvgIpc) is 3.23. The van der Waals surface area contributed by atoms with Crippen molar-refractivity contribution in [2.75, 3.05) is 13.1 Å². The molecular weight excluding hydrogens is 370 g/mol. The van der Waals surface area contributed by atoms with E-state index >= 15 is 0 Å². The third-order valence-corrected chi connectivity index (χ3v) is 5.85. The van der Waals surface area contributed by atoms with Crippen LogP contribution in [0.2, 0.25) is 0 Å². The molecule has 2 aromatic carbocycles. The number of piperidine rings is 1. The van der Waals surface area contributed by atoms with Crippen molar-refractivity contribution >= 4 is 11.9 Å². The Bertz CT molecular complexity index is 916. The SMILES string of the molecule is O=C(O)c1cccc(C2CCCN(C(=O)C3CC(c4ccccc4O)NN3)C2)c1. The molecule has 1 amide bonds. The molecule has 0 saturated carbocycles. The highest BCUT2D eigenvalue weighted by Crippen LogP contribution is 2.31. The number of carbonyl (C=O) groups is 2. The van der Waals surface area contributed by atoms with E-state index in [1.807, 2.05) is 23.1 Å². The molecule has 152 valence electrons. The highest BCUT2D eigenvalue weighted by molar-refractivity contribution is 5.87. The van der Waals surface area contributed by atoms with Gasteiger partial charge in [0.05, 0.1) is 11.6 Å². The average molecular weight is 395 g/mol. The van der Waals surface area contributed by atoms with Crippen LogP contribution in [0.1, 0.15) is 52.7 Å². The Morgan fingerprint density at radius 1 is 1.07 bits per heavy atom. The van der Waals surface area contributed by atoms with Gasteiger partial charge in [0.1, 0.15) is 11.8 Å². The van der Waals surface area contributed by atoms with E-state index in [4.69, 9.17) is 0 Å². The summed E-state index contributed by atoms with van der Waals surface area (Å²) in [5, 5.41) is 19.3. The van der Waals surface area contributed by atoms with Crippen molar-refractivity contribution in [3.05, 3.63) is 65.2 Å².